The van der Waals surface area contributed by atoms with Gasteiger partial charge in [0.2, 0.25) is 0 Å². The van der Waals surface area contributed by atoms with Gasteiger partial charge in [0.05, 0.1) is 5.52 Å². The van der Waals surface area contributed by atoms with E-state index in [0.29, 0.717) is 17.4 Å². The molecule has 0 aromatic carbocycles. The Labute approximate surface area is 92.8 Å². The molecule has 0 bridgehead atoms. The molecule has 80 valence electrons. The van der Waals surface area contributed by atoms with E-state index in [-0.39, 0.29) is 0 Å². The second kappa shape index (κ2) is 4.08. The Morgan fingerprint density at radius 1 is 1.47 bits per heavy atom. The molecule has 2 rings (SSSR count). The Morgan fingerprint density at radius 2 is 2.27 bits per heavy atom. The fraction of sp³-hybridized carbons (Fsp3) is 0.300. The molecule has 0 radical (unpaired) electrons. The van der Waals surface area contributed by atoms with Crippen LogP contribution < -0.4 is 11.5 Å². The van der Waals surface area contributed by atoms with Crippen molar-refractivity contribution in [2.75, 3.05) is 12.3 Å². The minimum absolute atomic E-state index is 0.495. The van der Waals surface area contributed by atoms with E-state index in [2.05, 4.69) is 4.98 Å². The van der Waals surface area contributed by atoms with Gasteiger partial charge in [-0.3, -0.25) is 0 Å². The molecule has 0 atom stereocenters. The lowest BCUT2D eigenvalue weighted by molar-refractivity contribution is 0.778. The van der Waals surface area contributed by atoms with Gasteiger partial charge in [-0.25, -0.2) is 4.98 Å². The van der Waals surface area contributed by atoms with E-state index < -0.39 is 0 Å². The number of hydrogen-bond acceptors (Lipinski definition) is 3. The van der Waals surface area contributed by atoms with Gasteiger partial charge >= 0.3 is 0 Å². The average molecular weight is 225 g/mol. The highest BCUT2D eigenvalue weighted by Gasteiger charge is 2.08. The van der Waals surface area contributed by atoms with Crippen LogP contribution in [0.5, 0.6) is 0 Å². The normalized spacial score (nSPS) is 11.1. The maximum Gasteiger partial charge on any atom is 0.155 e. The number of nitrogens with zero attached hydrogens (tertiary/aromatic N) is 2. The number of nitrogens with two attached hydrogens (primary N) is 2. The van der Waals surface area contributed by atoms with E-state index >= 15 is 0 Å². The first-order valence-electron chi connectivity index (χ1n) is 4.84. The highest BCUT2D eigenvalue weighted by molar-refractivity contribution is 6.32. The van der Waals surface area contributed by atoms with E-state index in [0.717, 1.165) is 24.2 Å². The van der Waals surface area contributed by atoms with Gasteiger partial charge in [0, 0.05) is 18.3 Å². The molecule has 2 aromatic heterocycles. The molecule has 0 aliphatic heterocycles. The molecule has 0 aliphatic rings. The predicted molar refractivity (Wildman–Crippen MR) is 62.0 cm³/mol. The Hall–Kier alpha value is -1.26. The number of fused-ring (bicyclic) bond motifs is 1. The van der Waals surface area contributed by atoms with Crippen molar-refractivity contribution in [3.05, 3.63) is 29.3 Å². The summed E-state index contributed by atoms with van der Waals surface area (Å²) in [6.45, 7) is 0.654. The van der Waals surface area contributed by atoms with Crippen LogP contribution in [-0.2, 0) is 6.42 Å². The first-order valence-corrected chi connectivity index (χ1v) is 5.22. The van der Waals surface area contributed by atoms with Crippen LogP contribution in [0, 0.1) is 0 Å². The van der Waals surface area contributed by atoms with E-state index in [1.165, 1.54) is 0 Å². The number of nitrogen functional groups attached to an aromatic ring is 1. The largest absolute Gasteiger partial charge is 0.399 e. The number of aryl methyl sites for hydroxylation is 1. The highest BCUT2D eigenvalue weighted by atomic mass is 35.5. The molecule has 4 nitrogen and oxygen atoms in total. The highest BCUT2D eigenvalue weighted by Crippen LogP contribution is 2.20. The van der Waals surface area contributed by atoms with Crippen LogP contribution in [0.1, 0.15) is 12.2 Å². The Balaban J connectivity index is 2.48. The van der Waals surface area contributed by atoms with Crippen LogP contribution in [0.3, 0.4) is 0 Å². The molecule has 0 spiro atoms. The van der Waals surface area contributed by atoms with Crippen LogP contribution >= 0.6 is 11.6 Å². The number of imidazole rings is 1. The lowest BCUT2D eigenvalue weighted by Gasteiger charge is -2.00. The molecule has 0 aliphatic carbocycles. The van der Waals surface area contributed by atoms with Crippen molar-refractivity contribution in [3.63, 3.8) is 0 Å². The average Bonchev–Trinajstić information content (AvgIpc) is 2.53. The monoisotopic (exact) mass is 224 g/mol. The summed E-state index contributed by atoms with van der Waals surface area (Å²) in [5.74, 6) is 0.931. The van der Waals surface area contributed by atoms with Crippen LogP contribution in [0.15, 0.2) is 18.3 Å². The van der Waals surface area contributed by atoms with Gasteiger partial charge in [0.15, 0.2) is 5.15 Å². The molecule has 15 heavy (non-hydrogen) atoms. The van der Waals surface area contributed by atoms with Crippen molar-refractivity contribution in [2.24, 2.45) is 5.73 Å². The van der Waals surface area contributed by atoms with Crippen molar-refractivity contribution >= 4 is 22.8 Å². The van der Waals surface area contributed by atoms with Crippen molar-refractivity contribution in [1.82, 2.24) is 9.38 Å². The zero-order valence-corrected chi connectivity index (χ0v) is 9.04. The van der Waals surface area contributed by atoms with E-state index in [1.807, 2.05) is 22.7 Å². The van der Waals surface area contributed by atoms with Crippen molar-refractivity contribution in [3.8, 4) is 0 Å². The molecule has 2 aromatic rings. The summed E-state index contributed by atoms with van der Waals surface area (Å²) in [6, 6.07) is 3.65. The third-order valence-corrected chi connectivity index (χ3v) is 2.58. The molecule has 0 saturated heterocycles. The summed E-state index contributed by atoms with van der Waals surface area (Å²) < 4.78 is 1.95. The van der Waals surface area contributed by atoms with Crippen LogP contribution in [0.25, 0.3) is 5.52 Å². The summed E-state index contributed by atoms with van der Waals surface area (Å²) in [7, 11) is 0. The number of pyridine rings is 1. The van der Waals surface area contributed by atoms with Gasteiger partial charge in [-0.2, -0.15) is 0 Å². The number of aromatic nitrogens is 2. The maximum absolute atomic E-state index is 6.01. The third-order valence-electron chi connectivity index (χ3n) is 2.30. The van der Waals surface area contributed by atoms with Crippen molar-refractivity contribution < 1.29 is 0 Å². The summed E-state index contributed by atoms with van der Waals surface area (Å²) >= 11 is 6.01. The zero-order valence-electron chi connectivity index (χ0n) is 8.28. The van der Waals surface area contributed by atoms with Gasteiger partial charge in [-0.15, -0.1) is 0 Å². The Bertz CT molecular complexity index is 477. The first kappa shape index (κ1) is 10.3. The number of hydrogen-bond donors (Lipinski definition) is 2. The molecule has 0 fully saturated rings. The second-order valence-corrected chi connectivity index (χ2v) is 3.78. The second-order valence-electron chi connectivity index (χ2n) is 3.43. The topological polar surface area (TPSA) is 69.3 Å². The van der Waals surface area contributed by atoms with Gasteiger partial charge in [-0.05, 0) is 25.1 Å². The summed E-state index contributed by atoms with van der Waals surface area (Å²) in [6.07, 6.45) is 3.61. The minimum atomic E-state index is 0.495. The summed E-state index contributed by atoms with van der Waals surface area (Å²) in [4.78, 5) is 4.29. The number of anilines is 1. The lowest BCUT2D eigenvalue weighted by Crippen LogP contribution is -2.03. The molecule has 0 amide bonds. The predicted octanol–water partition coefficient (Wildman–Crippen LogP) is 1.46. The van der Waals surface area contributed by atoms with Gasteiger partial charge in [-0.1, -0.05) is 11.6 Å². The summed E-state index contributed by atoms with van der Waals surface area (Å²) in [5, 5.41) is 0.495. The van der Waals surface area contributed by atoms with Crippen molar-refractivity contribution in [1.29, 1.82) is 0 Å². The fourth-order valence-electron chi connectivity index (χ4n) is 1.56. The first-order chi connectivity index (χ1) is 7.22. The van der Waals surface area contributed by atoms with Gasteiger partial charge in [0.25, 0.3) is 0 Å². The Kier molecular flexibility index (Phi) is 2.79. The SMILES string of the molecule is NCCCc1nc(Cl)c2cc(N)ccn12. The quantitative estimate of drug-likeness (QED) is 0.830. The molecular formula is C10H13ClN4. The van der Waals surface area contributed by atoms with Gasteiger partial charge in [0.1, 0.15) is 5.82 Å². The fourth-order valence-corrected chi connectivity index (χ4v) is 1.80. The standard InChI is InChI=1S/C10H13ClN4/c11-10-8-6-7(13)3-5-15(8)9(14-10)2-1-4-12/h3,5-6H,1-2,4,12-13H2. The van der Waals surface area contributed by atoms with E-state index in [1.54, 1.807) is 0 Å². The number of rotatable bonds is 3. The Morgan fingerprint density at radius 3 is 3.00 bits per heavy atom. The van der Waals surface area contributed by atoms with Crippen LogP contribution in [0.2, 0.25) is 5.15 Å². The molecule has 5 heteroatoms. The maximum atomic E-state index is 6.01. The van der Waals surface area contributed by atoms with Gasteiger partial charge < -0.3 is 15.9 Å². The summed E-state index contributed by atoms with van der Waals surface area (Å²) in [5.41, 5.74) is 12.7. The molecule has 0 unspecified atom stereocenters. The number of halogens is 1. The van der Waals surface area contributed by atoms with E-state index in [4.69, 9.17) is 23.1 Å². The van der Waals surface area contributed by atoms with E-state index in [9.17, 15) is 0 Å². The zero-order chi connectivity index (χ0) is 10.8. The molecule has 0 saturated carbocycles. The van der Waals surface area contributed by atoms with Crippen LogP contribution in [-0.4, -0.2) is 15.9 Å². The van der Waals surface area contributed by atoms with Crippen molar-refractivity contribution in [2.45, 2.75) is 12.8 Å². The molecule has 4 N–H and O–H groups in total. The third kappa shape index (κ3) is 1.91. The smallest absolute Gasteiger partial charge is 0.155 e. The minimum Gasteiger partial charge on any atom is -0.399 e. The lowest BCUT2D eigenvalue weighted by atomic mass is 10.3. The van der Waals surface area contributed by atoms with Crippen LogP contribution in [0.4, 0.5) is 5.69 Å². The molecular weight excluding hydrogens is 212 g/mol. The molecule has 2 heterocycles.